The zero-order chi connectivity index (χ0) is 14.5. The molecule has 1 aromatic rings. The first kappa shape index (κ1) is 15.3. The summed E-state index contributed by atoms with van der Waals surface area (Å²) in [5.41, 5.74) is 6.56. The van der Waals surface area contributed by atoms with Gasteiger partial charge in [0.25, 0.3) is 5.76 Å². The Labute approximate surface area is 121 Å². The van der Waals surface area contributed by atoms with Crippen molar-refractivity contribution in [2.45, 2.75) is 42.4 Å². The highest BCUT2D eigenvalue weighted by Crippen LogP contribution is 2.28. The Morgan fingerprint density at radius 3 is 2.60 bits per heavy atom. The fourth-order valence-electron chi connectivity index (χ4n) is 2.49. The van der Waals surface area contributed by atoms with Gasteiger partial charge in [0.15, 0.2) is 0 Å². The molecule has 6 heteroatoms. The second-order valence-electron chi connectivity index (χ2n) is 5.01. The van der Waals surface area contributed by atoms with Gasteiger partial charge in [-0.25, -0.2) is 0 Å². The summed E-state index contributed by atoms with van der Waals surface area (Å²) in [5, 5.41) is 2.78. The summed E-state index contributed by atoms with van der Waals surface area (Å²) in [5.74, 6) is -2.25. The van der Waals surface area contributed by atoms with Crippen molar-refractivity contribution in [3.63, 3.8) is 0 Å². The number of rotatable bonds is 5. The molecule has 1 aliphatic rings. The number of carbonyl (C=O) groups excluding carboxylic acids is 1. The average Bonchev–Trinajstić information content (AvgIpc) is 2.77. The van der Waals surface area contributed by atoms with Crippen LogP contribution in [0.25, 0.3) is 0 Å². The maximum Gasteiger partial charge on any atom is 0.288 e. The van der Waals surface area contributed by atoms with Gasteiger partial charge < -0.3 is 11.1 Å². The Morgan fingerprint density at radius 2 is 2.05 bits per heavy atom. The molecule has 0 radical (unpaired) electrons. The molecule has 2 atom stereocenters. The van der Waals surface area contributed by atoms with Crippen LogP contribution in [0.4, 0.5) is 14.5 Å². The first-order valence-corrected chi connectivity index (χ1v) is 7.53. The number of carbonyl (C=O) groups is 1. The minimum atomic E-state index is -2.43. The van der Waals surface area contributed by atoms with Crippen molar-refractivity contribution in [1.29, 1.82) is 0 Å². The van der Waals surface area contributed by atoms with E-state index in [-0.39, 0.29) is 17.9 Å². The summed E-state index contributed by atoms with van der Waals surface area (Å²) >= 11 is 0.490. The number of anilines is 1. The number of thioether (sulfide) groups is 1. The van der Waals surface area contributed by atoms with Crippen LogP contribution in [0.3, 0.4) is 0 Å². The van der Waals surface area contributed by atoms with Crippen molar-refractivity contribution in [2.24, 2.45) is 11.7 Å². The summed E-state index contributed by atoms with van der Waals surface area (Å²) in [6.07, 6.45) is 3.49. The molecule has 20 heavy (non-hydrogen) atoms. The number of halogens is 2. The highest BCUT2D eigenvalue weighted by molar-refractivity contribution is 7.99. The molecule has 0 bridgehead atoms. The van der Waals surface area contributed by atoms with Crippen LogP contribution >= 0.6 is 11.8 Å². The molecular formula is C14H18F2N2OS. The fourth-order valence-corrected chi connectivity index (χ4v) is 2.99. The van der Waals surface area contributed by atoms with Crippen molar-refractivity contribution in [3.8, 4) is 0 Å². The lowest BCUT2D eigenvalue weighted by Gasteiger charge is -2.14. The second-order valence-corrected chi connectivity index (χ2v) is 6.07. The maximum absolute atomic E-state index is 12.2. The van der Waals surface area contributed by atoms with Crippen molar-refractivity contribution < 1.29 is 13.6 Å². The average molecular weight is 300 g/mol. The molecule has 110 valence electrons. The standard InChI is InChI=1S/C14H18F2N2OS/c15-14(16)20-11-6-4-10(5-7-11)18-13(19)8-9-2-1-3-12(9)17/h4-7,9,12,14H,1-3,8,17H2,(H,18,19)/t9-,12+/m0/s1. The topological polar surface area (TPSA) is 55.1 Å². The van der Waals surface area contributed by atoms with E-state index in [4.69, 9.17) is 5.73 Å². The van der Waals surface area contributed by atoms with Crippen LogP contribution in [0, 0.1) is 5.92 Å². The van der Waals surface area contributed by atoms with Gasteiger partial charge >= 0.3 is 0 Å². The van der Waals surface area contributed by atoms with Gasteiger partial charge in [0.2, 0.25) is 5.91 Å². The monoisotopic (exact) mass is 300 g/mol. The summed E-state index contributed by atoms with van der Waals surface area (Å²) in [6.45, 7) is 0. The van der Waals surface area contributed by atoms with Gasteiger partial charge in [0, 0.05) is 23.0 Å². The van der Waals surface area contributed by atoms with Gasteiger partial charge in [0.05, 0.1) is 0 Å². The number of benzene rings is 1. The van der Waals surface area contributed by atoms with E-state index >= 15 is 0 Å². The SMILES string of the molecule is N[C@@H]1CCC[C@H]1CC(=O)Nc1ccc(SC(F)F)cc1. The van der Waals surface area contributed by atoms with E-state index in [1.807, 2.05) is 0 Å². The third-order valence-electron chi connectivity index (χ3n) is 3.53. The molecule has 0 saturated heterocycles. The number of nitrogens with one attached hydrogen (secondary N) is 1. The van der Waals surface area contributed by atoms with Crippen molar-refractivity contribution in [3.05, 3.63) is 24.3 Å². The van der Waals surface area contributed by atoms with Crippen LogP contribution in [0.15, 0.2) is 29.2 Å². The third kappa shape index (κ3) is 4.45. The smallest absolute Gasteiger partial charge is 0.288 e. The van der Waals surface area contributed by atoms with Crippen LogP contribution < -0.4 is 11.1 Å². The Hall–Kier alpha value is -1.14. The van der Waals surface area contributed by atoms with E-state index in [9.17, 15) is 13.6 Å². The zero-order valence-corrected chi connectivity index (χ0v) is 11.8. The molecular weight excluding hydrogens is 282 g/mol. The van der Waals surface area contributed by atoms with Gasteiger partial charge in [-0.2, -0.15) is 8.78 Å². The van der Waals surface area contributed by atoms with E-state index < -0.39 is 5.76 Å². The van der Waals surface area contributed by atoms with Gasteiger partial charge in [-0.15, -0.1) is 0 Å². The summed E-state index contributed by atoms with van der Waals surface area (Å²) in [7, 11) is 0. The van der Waals surface area contributed by atoms with Crippen molar-refractivity contribution >= 4 is 23.4 Å². The Kier molecular flexibility index (Phi) is 5.37. The molecule has 1 saturated carbocycles. The Balaban J connectivity index is 1.84. The lowest BCUT2D eigenvalue weighted by Crippen LogP contribution is -2.28. The maximum atomic E-state index is 12.2. The Bertz CT molecular complexity index is 453. The number of hydrogen-bond acceptors (Lipinski definition) is 3. The first-order chi connectivity index (χ1) is 9.54. The van der Waals surface area contributed by atoms with E-state index in [0.717, 1.165) is 19.3 Å². The van der Waals surface area contributed by atoms with E-state index in [1.54, 1.807) is 24.3 Å². The molecule has 3 nitrogen and oxygen atoms in total. The molecule has 0 aliphatic heterocycles. The first-order valence-electron chi connectivity index (χ1n) is 6.65. The number of nitrogens with two attached hydrogens (primary N) is 1. The molecule has 0 aromatic heterocycles. The summed E-state index contributed by atoms with van der Waals surface area (Å²) in [4.78, 5) is 12.4. The quantitative estimate of drug-likeness (QED) is 0.819. The van der Waals surface area contributed by atoms with Crippen LogP contribution in [-0.4, -0.2) is 17.7 Å². The molecule has 3 N–H and O–H groups in total. The minimum Gasteiger partial charge on any atom is -0.327 e. The molecule has 1 fully saturated rings. The largest absolute Gasteiger partial charge is 0.327 e. The molecule has 1 aliphatic carbocycles. The van der Waals surface area contributed by atoms with Crippen LogP contribution in [0.5, 0.6) is 0 Å². The minimum absolute atomic E-state index is 0.0680. The predicted molar refractivity (Wildman–Crippen MR) is 76.9 cm³/mol. The van der Waals surface area contributed by atoms with Crippen LogP contribution in [-0.2, 0) is 4.79 Å². The molecule has 0 spiro atoms. The van der Waals surface area contributed by atoms with E-state index in [1.165, 1.54) is 0 Å². The number of hydrogen-bond donors (Lipinski definition) is 2. The van der Waals surface area contributed by atoms with Crippen LogP contribution in [0.1, 0.15) is 25.7 Å². The lowest BCUT2D eigenvalue weighted by molar-refractivity contribution is -0.117. The van der Waals surface area contributed by atoms with Gasteiger partial charge in [-0.1, -0.05) is 18.2 Å². The molecule has 1 amide bonds. The predicted octanol–water partition coefficient (Wildman–Crippen LogP) is 3.46. The van der Waals surface area contributed by atoms with Gasteiger partial charge in [-0.3, -0.25) is 4.79 Å². The highest BCUT2D eigenvalue weighted by Gasteiger charge is 2.25. The van der Waals surface area contributed by atoms with E-state index in [0.29, 0.717) is 28.8 Å². The molecule has 2 rings (SSSR count). The third-order valence-corrected chi connectivity index (χ3v) is 4.25. The summed E-state index contributed by atoms with van der Waals surface area (Å²) in [6, 6.07) is 6.54. The van der Waals surface area contributed by atoms with Crippen molar-refractivity contribution in [1.82, 2.24) is 0 Å². The molecule has 1 aromatic carbocycles. The molecule has 0 heterocycles. The highest BCUT2D eigenvalue weighted by atomic mass is 32.2. The van der Waals surface area contributed by atoms with Gasteiger partial charge in [0.1, 0.15) is 0 Å². The molecule has 0 unspecified atom stereocenters. The lowest BCUT2D eigenvalue weighted by atomic mass is 10.00. The normalized spacial score (nSPS) is 22.2. The van der Waals surface area contributed by atoms with Crippen molar-refractivity contribution in [2.75, 3.05) is 5.32 Å². The second kappa shape index (κ2) is 7.04. The van der Waals surface area contributed by atoms with E-state index in [2.05, 4.69) is 5.32 Å². The van der Waals surface area contributed by atoms with Gasteiger partial charge in [-0.05, 0) is 43.0 Å². The van der Waals surface area contributed by atoms with Crippen LogP contribution in [0.2, 0.25) is 0 Å². The fraction of sp³-hybridized carbons (Fsp3) is 0.500. The number of alkyl halides is 2. The zero-order valence-electron chi connectivity index (χ0n) is 11.0. The Morgan fingerprint density at radius 1 is 1.35 bits per heavy atom. The number of amides is 1. The summed E-state index contributed by atoms with van der Waals surface area (Å²) < 4.78 is 24.4.